The number of likely N-dealkylation sites (tertiary alicyclic amines) is 2. The number of carbonyl (C=O) groups is 1. The second-order valence-corrected chi connectivity index (χ2v) is 8.66. The van der Waals surface area contributed by atoms with Crippen molar-refractivity contribution >= 4 is 6.03 Å². The third-order valence-electron chi connectivity index (χ3n) is 6.54. The highest BCUT2D eigenvalue weighted by atomic mass is 16.2. The van der Waals surface area contributed by atoms with Gasteiger partial charge in [0.25, 0.3) is 0 Å². The smallest absolute Gasteiger partial charge is 0.320 e. The summed E-state index contributed by atoms with van der Waals surface area (Å²) in [5.74, 6) is 0.985. The van der Waals surface area contributed by atoms with E-state index in [-0.39, 0.29) is 12.1 Å². The molecule has 2 aliphatic rings. The largest absolute Gasteiger partial charge is 0.331 e. The van der Waals surface area contributed by atoms with E-state index in [0.29, 0.717) is 11.8 Å². The lowest BCUT2D eigenvalue weighted by molar-refractivity contribution is 0.151. The van der Waals surface area contributed by atoms with E-state index < -0.39 is 0 Å². The number of hydrogen-bond donors (Lipinski definition) is 1. The van der Waals surface area contributed by atoms with Crippen molar-refractivity contribution in [2.45, 2.75) is 33.4 Å². The van der Waals surface area contributed by atoms with Gasteiger partial charge in [-0.2, -0.15) is 5.10 Å². The van der Waals surface area contributed by atoms with Gasteiger partial charge in [-0.1, -0.05) is 24.3 Å². The second kappa shape index (κ2) is 7.24. The molecule has 2 aromatic rings. The summed E-state index contributed by atoms with van der Waals surface area (Å²) in [6.07, 6.45) is 0. The molecule has 0 aliphatic carbocycles. The maximum absolute atomic E-state index is 12.9. The quantitative estimate of drug-likeness (QED) is 0.889. The van der Waals surface area contributed by atoms with E-state index in [1.807, 2.05) is 14.1 Å². The van der Waals surface area contributed by atoms with Crippen LogP contribution in [-0.2, 0) is 6.54 Å². The predicted molar refractivity (Wildman–Crippen MR) is 110 cm³/mol. The van der Waals surface area contributed by atoms with Crippen LogP contribution in [0.3, 0.4) is 0 Å². The number of nitrogens with one attached hydrogen (secondary N) is 1. The fourth-order valence-electron chi connectivity index (χ4n) is 5.07. The van der Waals surface area contributed by atoms with Gasteiger partial charge in [-0.15, -0.1) is 0 Å². The SMILES string of the molecule is Cc1ccccc1[C@H]1[C@@H]2CN(Cc3c(C)n[nH]c3C)C[C@@H]2CN1C(=O)N(C)C. The van der Waals surface area contributed by atoms with Gasteiger partial charge in [-0.25, -0.2) is 4.79 Å². The molecule has 6 nitrogen and oxygen atoms in total. The van der Waals surface area contributed by atoms with Gasteiger partial charge in [0.1, 0.15) is 0 Å². The Hall–Kier alpha value is -2.34. The van der Waals surface area contributed by atoms with Gasteiger partial charge in [-0.3, -0.25) is 10.00 Å². The number of hydrogen-bond acceptors (Lipinski definition) is 3. The molecule has 0 spiro atoms. The molecule has 1 N–H and O–H groups in total. The molecule has 3 atom stereocenters. The maximum atomic E-state index is 12.9. The van der Waals surface area contributed by atoms with Gasteiger partial charge in [0.15, 0.2) is 0 Å². The Labute approximate surface area is 167 Å². The number of fused-ring (bicyclic) bond motifs is 1. The normalized spacial score (nSPS) is 24.6. The summed E-state index contributed by atoms with van der Waals surface area (Å²) in [7, 11) is 3.70. The van der Waals surface area contributed by atoms with Crippen LogP contribution in [0.5, 0.6) is 0 Å². The molecule has 0 saturated carbocycles. The van der Waals surface area contributed by atoms with Crippen molar-refractivity contribution in [2.24, 2.45) is 11.8 Å². The average Bonchev–Trinajstić information content (AvgIpc) is 3.30. The number of urea groups is 1. The van der Waals surface area contributed by atoms with Gasteiger partial charge < -0.3 is 9.80 Å². The molecule has 1 aromatic carbocycles. The van der Waals surface area contributed by atoms with Crippen molar-refractivity contribution < 1.29 is 4.79 Å². The molecular formula is C22H31N5O. The molecule has 0 radical (unpaired) electrons. The molecule has 0 unspecified atom stereocenters. The van der Waals surface area contributed by atoms with E-state index in [2.05, 4.69) is 65.0 Å². The number of H-pyrrole nitrogens is 1. The first-order chi connectivity index (χ1) is 13.4. The van der Waals surface area contributed by atoms with Crippen LogP contribution in [0.2, 0.25) is 0 Å². The summed E-state index contributed by atoms with van der Waals surface area (Å²) < 4.78 is 0. The topological polar surface area (TPSA) is 55.5 Å². The van der Waals surface area contributed by atoms with Crippen LogP contribution in [-0.4, -0.2) is 64.7 Å². The first-order valence-corrected chi connectivity index (χ1v) is 10.1. The Balaban J connectivity index is 1.60. The standard InChI is InChI=1S/C22H31N5O/c1-14-8-6-7-9-18(14)21-20-13-26(12-19-15(2)23-24-16(19)3)10-17(20)11-27(21)22(28)25(4)5/h6-9,17,20-21H,10-13H2,1-5H3,(H,23,24)/t17-,20-,21+/m1/s1. The van der Waals surface area contributed by atoms with Crippen molar-refractivity contribution in [1.82, 2.24) is 24.9 Å². The van der Waals surface area contributed by atoms with Crippen LogP contribution in [0.15, 0.2) is 24.3 Å². The summed E-state index contributed by atoms with van der Waals surface area (Å²) >= 11 is 0. The van der Waals surface area contributed by atoms with E-state index in [0.717, 1.165) is 37.6 Å². The fraction of sp³-hybridized carbons (Fsp3) is 0.545. The van der Waals surface area contributed by atoms with E-state index >= 15 is 0 Å². The van der Waals surface area contributed by atoms with E-state index in [1.54, 1.807) is 4.90 Å². The summed E-state index contributed by atoms with van der Waals surface area (Å²) in [6.45, 7) is 10.2. The lowest BCUT2D eigenvalue weighted by Crippen LogP contribution is -2.41. The Bertz CT molecular complexity index is 854. The lowest BCUT2D eigenvalue weighted by atomic mass is 9.88. The Kier molecular flexibility index (Phi) is 4.91. The van der Waals surface area contributed by atoms with Gasteiger partial charge in [0.05, 0.1) is 11.7 Å². The minimum Gasteiger partial charge on any atom is -0.331 e. The molecule has 2 amide bonds. The van der Waals surface area contributed by atoms with E-state index in [4.69, 9.17) is 0 Å². The number of amides is 2. The molecule has 2 saturated heterocycles. The van der Waals surface area contributed by atoms with Crippen LogP contribution in [0.1, 0.15) is 34.1 Å². The third-order valence-corrected chi connectivity index (χ3v) is 6.54. The number of nitrogens with zero attached hydrogens (tertiary/aromatic N) is 4. The number of rotatable bonds is 3. The van der Waals surface area contributed by atoms with E-state index in [1.165, 1.54) is 16.7 Å². The number of aromatic amines is 1. The minimum atomic E-state index is 0.121. The summed E-state index contributed by atoms with van der Waals surface area (Å²) in [4.78, 5) is 19.3. The Morgan fingerprint density at radius 2 is 1.93 bits per heavy atom. The maximum Gasteiger partial charge on any atom is 0.320 e. The molecule has 1 aromatic heterocycles. The van der Waals surface area contributed by atoms with Gasteiger partial charge in [0.2, 0.25) is 0 Å². The highest BCUT2D eigenvalue weighted by Gasteiger charge is 2.49. The van der Waals surface area contributed by atoms with Crippen LogP contribution in [0.25, 0.3) is 0 Å². The second-order valence-electron chi connectivity index (χ2n) is 8.66. The minimum absolute atomic E-state index is 0.121. The summed E-state index contributed by atoms with van der Waals surface area (Å²) in [5, 5.41) is 7.45. The lowest BCUT2D eigenvalue weighted by Gasteiger charge is -2.32. The highest BCUT2D eigenvalue weighted by molar-refractivity contribution is 5.75. The van der Waals surface area contributed by atoms with Crippen LogP contribution >= 0.6 is 0 Å². The number of benzene rings is 1. The Morgan fingerprint density at radius 3 is 2.57 bits per heavy atom. The first-order valence-electron chi connectivity index (χ1n) is 10.1. The highest BCUT2D eigenvalue weighted by Crippen LogP contribution is 2.46. The number of aromatic nitrogens is 2. The molecule has 2 fully saturated rings. The van der Waals surface area contributed by atoms with Crippen LogP contribution in [0, 0.1) is 32.6 Å². The average molecular weight is 382 g/mol. The first kappa shape index (κ1) is 19.0. The molecule has 3 heterocycles. The van der Waals surface area contributed by atoms with Crippen LogP contribution in [0.4, 0.5) is 4.79 Å². The molecule has 6 heteroatoms. The third kappa shape index (κ3) is 3.20. The molecule has 28 heavy (non-hydrogen) atoms. The molecule has 2 aliphatic heterocycles. The summed E-state index contributed by atoms with van der Waals surface area (Å²) in [5.41, 5.74) is 6.13. The molecule has 150 valence electrons. The summed E-state index contributed by atoms with van der Waals surface area (Å²) in [6, 6.07) is 8.80. The van der Waals surface area contributed by atoms with Crippen molar-refractivity contribution in [3.05, 3.63) is 52.3 Å². The van der Waals surface area contributed by atoms with Crippen molar-refractivity contribution in [1.29, 1.82) is 0 Å². The van der Waals surface area contributed by atoms with Gasteiger partial charge in [-0.05, 0) is 37.8 Å². The van der Waals surface area contributed by atoms with Crippen molar-refractivity contribution in [2.75, 3.05) is 33.7 Å². The van der Waals surface area contributed by atoms with Gasteiger partial charge >= 0.3 is 6.03 Å². The monoisotopic (exact) mass is 381 g/mol. The zero-order valence-electron chi connectivity index (χ0n) is 17.6. The zero-order valence-corrected chi connectivity index (χ0v) is 17.6. The van der Waals surface area contributed by atoms with Crippen molar-refractivity contribution in [3.8, 4) is 0 Å². The van der Waals surface area contributed by atoms with Crippen molar-refractivity contribution in [3.63, 3.8) is 0 Å². The molecular weight excluding hydrogens is 350 g/mol. The van der Waals surface area contributed by atoms with Gasteiger partial charge in [0, 0.05) is 57.4 Å². The fourth-order valence-corrected chi connectivity index (χ4v) is 5.07. The molecule has 4 rings (SSSR count). The Morgan fingerprint density at radius 1 is 1.18 bits per heavy atom. The number of aryl methyl sites for hydroxylation is 3. The van der Waals surface area contributed by atoms with E-state index in [9.17, 15) is 4.79 Å². The predicted octanol–water partition coefficient (Wildman–Crippen LogP) is 3.12. The number of carbonyl (C=O) groups excluding carboxylic acids is 1. The van der Waals surface area contributed by atoms with Crippen LogP contribution < -0.4 is 0 Å². The zero-order chi connectivity index (χ0) is 20.0. The molecule has 0 bridgehead atoms.